The van der Waals surface area contributed by atoms with E-state index in [1.54, 1.807) is 12.1 Å². The fourth-order valence-corrected chi connectivity index (χ4v) is 5.83. The molecule has 0 heterocycles. The number of carbonyl (C=O) groups excluding carboxylic acids is 2. The van der Waals surface area contributed by atoms with E-state index in [1.165, 1.54) is 82.1 Å². The lowest BCUT2D eigenvalue weighted by atomic mass is 10.0. The number of hydrogen-bond acceptors (Lipinski definition) is 4. The molecule has 1 amide bonds. The number of ether oxygens (including phenoxy) is 2. The van der Waals surface area contributed by atoms with Crippen molar-refractivity contribution >= 4 is 17.6 Å². The van der Waals surface area contributed by atoms with Crippen LogP contribution in [-0.2, 0) is 4.74 Å². The van der Waals surface area contributed by atoms with Crippen molar-refractivity contribution < 1.29 is 32.2 Å². The lowest BCUT2D eigenvalue weighted by molar-refractivity contribution is -0.206. The molecule has 0 bridgehead atoms. The van der Waals surface area contributed by atoms with Crippen molar-refractivity contribution in [1.29, 1.82) is 0 Å². The first-order valence-corrected chi connectivity index (χ1v) is 18.7. The van der Waals surface area contributed by atoms with E-state index < -0.39 is 18.2 Å². The van der Waals surface area contributed by atoms with E-state index in [1.807, 2.05) is 36.4 Å². The average molecular weight is 696 g/mol. The van der Waals surface area contributed by atoms with Gasteiger partial charge in [-0.25, -0.2) is 4.79 Å². The Morgan fingerprint density at radius 1 is 0.600 bits per heavy atom. The first kappa shape index (κ1) is 40.6. The summed E-state index contributed by atoms with van der Waals surface area (Å²) in [5.41, 5.74) is 2.80. The summed E-state index contributed by atoms with van der Waals surface area (Å²) in [5, 5.41) is 2.76. The molecule has 0 aromatic heterocycles. The van der Waals surface area contributed by atoms with Gasteiger partial charge in [-0.2, -0.15) is 13.2 Å². The van der Waals surface area contributed by atoms with Gasteiger partial charge in [-0.15, -0.1) is 0 Å². The zero-order valence-electron chi connectivity index (χ0n) is 30.0. The molecule has 3 rings (SSSR count). The maximum atomic E-state index is 13.5. The fourth-order valence-electron chi connectivity index (χ4n) is 5.83. The third-order valence-electron chi connectivity index (χ3n) is 8.91. The molecule has 3 aromatic carbocycles. The molecule has 5 nitrogen and oxygen atoms in total. The van der Waals surface area contributed by atoms with Crippen LogP contribution in [0.3, 0.4) is 0 Å². The number of benzene rings is 3. The molecular formula is C42H56F3NO4. The first-order chi connectivity index (χ1) is 24.2. The van der Waals surface area contributed by atoms with Gasteiger partial charge in [0.15, 0.2) is 6.10 Å². The molecule has 0 aliphatic carbocycles. The number of anilines is 1. The molecule has 0 saturated carbocycles. The van der Waals surface area contributed by atoms with Gasteiger partial charge in [0.2, 0.25) is 0 Å². The maximum Gasteiger partial charge on any atom is 0.425 e. The Labute approximate surface area is 297 Å². The summed E-state index contributed by atoms with van der Waals surface area (Å²) in [5.74, 6) is -0.549. The quantitative estimate of drug-likeness (QED) is 0.0748. The smallest absolute Gasteiger partial charge is 0.425 e. The van der Waals surface area contributed by atoms with Gasteiger partial charge in [0, 0.05) is 11.3 Å². The second-order valence-electron chi connectivity index (χ2n) is 13.2. The van der Waals surface area contributed by atoms with Gasteiger partial charge < -0.3 is 14.8 Å². The van der Waals surface area contributed by atoms with Crippen molar-refractivity contribution in [1.82, 2.24) is 0 Å². The van der Waals surface area contributed by atoms with Crippen LogP contribution < -0.4 is 10.1 Å². The van der Waals surface area contributed by atoms with Crippen LogP contribution >= 0.6 is 0 Å². The average Bonchev–Trinajstić information content (AvgIpc) is 3.11. The van der Waals surface area contributed by atoms with Crippen LogP contribution in [0.1, 0.15) is 144 Å². The molecule has 1 unspecified atom stereocenters. The minimum atomic E-state index is -4.63. The fraction of sp³-hybridized carbons (Fsp3) is 0.524. The molecule has 0 spiro atoms. The molecule has 3 aromatic rings. The highest BCUT2D eigenvalue weighted by Crippen LogP contribution is 2.29. The van der Waals surface area contributed by atoms with Crippen molar-refractivity contribution in [3.8, 4) is 16.9 Å². The molecule has 8 heteroatoms. The minimum absolute atomic E-state index is 0.0141. The number of amides is 1. The Morgan fingerprint density at radius 3 is 1.58 bits per heavy atom. The topological polar surface area (TPSA) is 64.6 Å². The van der Waals surface area contributed by atoms with Gasteiger partial charge in [0.25, 0.3) is 5.91 Å². The third kappa shape index (κ3) is 15.4. The van der Waals surface area contributed by atoms with Crippen LogP contribution in [0.5, 0.6) is 5.75 Å². The van der Waals surface area contributed by atoms with E-state index in [2.05, 4.69) is 19.2 Å². The molecular weight excluding hydrogens is 639 g/mol. The van der Waals surface area contributed by atoms with Crippen LogP contribution in [-0.4, -0.2) is 30.8 Å². The Morgan fingerprint density at radius 2 is 1.06 bits per heavy atom. The highest BCUT2D eigenvalue weighted by Gasteiger charge is 2.42. The molecule has 0 aliphatic heterocycles. The predicted molar refractivity (Wildman–Crippen MR) is 197 cm³/mol. The van der Waals surface area contributed by atoms with Gasteiger partial charge in [-0.1, -0.05) is 128 Å². The van der Waals surface area contributed by atoms with E-state index >= 15 is 0 Å². The van der Waals surface area contributed by atoms with Gasteiger partial charge in [-0.3, -0.25) is 4.79 Å². The van der Waals surface area contributed by atoms with Crippen molar-refractivity contribution in [2.24, 2.45) is 0 Å². The zero-order chi connectivity index (χ0) is 36.0. The lowest BCUT2D eigenvalue weighted by Gasteiger charge is -2.20. The van der Waals surface area contributed by atoms with Crippen LogP contribution in [0.15, 0.2) is 72.8 Å². The maximum absolute atomic E-state index is 13.5. The second-order valence-corrected chi connectivity index (χ2v) is 13.2. The molecule has 1 N–H and O–H groups in total. The first-order valence-electron chi connectivity index (χ1n) is 18.7. The highest BCUT2D eigenvalue weighted by molar-refractivity contribution is 6.04. The minimum Gasteiger partial charge on any atom is -0.494 e. The Balaban J connectivity index is 1.40. The van der Waals surface area contributed by atoms with Crippen molar-refractivity contribution in [3.05, 3.63) is 83.9 Å². The number of hydrogen-bond donors (Lipinski definition) is 1. The highest BCUT2D eigenvalue weighted by atomic mass is 19.4. The number of halogens is 3. The van der Waals surface area contributed by atoms with E-state index in [4.69, 9.17) is 9.47 Å². The summed E-state index contributed by atoms with van der Waals surface area (Å²) >= 11 is 0. The Hall–Kier alpha value is -3.81. The van der Waals surface area contributed by atoms with Crippen LogP contribution in [0.25, 0.3) is 11.1 Å². The van der Waals surface area contributed by atoms with Crippen LogP contribution in [0.2, 0.25) is 0 Å². The number of rotatable bonds is 24. The molecule has 274 valence electrons. The summed E-state index contributed by atoms with van der Waals surface area (Å²) in [6.07, 6.45) is 10.9. The Kier molecular flexibility index (Phi) is 18.5. The molecule has 0 radical (unpaired) electrons. The Bertz CT molecular complexity index is 1370. The largest absolute Gasteiger partial charge is 0.494 e. The summed E-state index contributed by atoms with van der Waals surface area (Å²) in [6.45, 7) is 5.04. The molecule has 1 atom stereocenters. The van der Waals surface area contributed by atoms with Crippen LogP contribution in [0, 0.1) is 0 Å². The SMILES string of the molecule is CCCCCCCCCCCCOc1ccc(-c2ccc(C(=O)Nc3ccc(C(=O)OC(CCCCCCCC)C(F)(F)F)cc3)cc2)cc1. The summed E-state index contributed by atoms with van der Waals surface area (Å²) in [4.78, 5) is 25.4. The van der Waals surface area contributed by atoms with Gasteiger partial charge in [-0.05, 0) is 78.9 Å². The molecule has 0 fully saturated rings. The van der Waals surface area contributed by atoms with Crippen LogP contribution in [0.4, 0.5) is 18.9 Å². The number of esters is 1. The normalized spacial score (nSPS) is 12.0. The van der Waals surface area contributed by atoms with Crippen molar-refractivity contribution in [2.45, 2.75) is 135 Å². The summed E-state index contributed by atoms with van der Waals surface area (Å²) < 4.78 is 51.4. The van der Waals surface area contributed by atoms with Crippen molar-refractivity contribution in [3.63, 3.8) is 0 Å². The number of nitrogens with one attached hydrogen (secondary N) is 1. The van der Waals surface area contributed by atoms with Gasteiger partial charge in [0.05, 0.1) is 12.2 Å². The molecule has 0 aliphatic rings. The van der Waals surface area contributed by atoms with E-state index in [0.717, 1.165) is 49.0 Å². The zero-order valence-corrected chi connectivity index (χ0v) is 30.0. The monoisotopic (exact) mass is 695 g/mol. The summed E-state index contributed by atoms with van der Waals surface area (Å²) in [7, 11) is 0. The second kappa shape index (κ2) is 22.8. The summed E-state index contributed by atoms with van der Waals surface area (Å²) in [6, 6.07) is 20.8. The lowest BCUT2D eigenvalue weighted by Crippen LogP contribution is -2.33. The number of alkyl halides is 3. The standard InChI is InChI=1S/C42H56F3NO4/c1-3-5-7-9-11-12-13-14-16-18-32-49-38-30-26-34(27-31-38)33-20-22-35(23-21-33)40(47)46-37-28-24-36(25-29-37)41(48)50-39(42(43,44)45)19-17-15-10-8-6-4-2/h20-31,39H,3-19,32H2,1-2H3,(H,46,47). The predicted octanol–water partition coefficient (Wildman–Crippen LogP) is 12.7. The van der Waals surface area contributed by atoms with E-state index in [0.29, 0.717) is 30.7 Å². The van der Waals surface area contributed by atoms with Gasteiger partial charge in [0.1, 0.15) is 5.75 Å². The van der Waals surface area contributed by atoms with Gasteiger partial charge >= 0.3 is 12.1 Å². The number of carbonyl (C=O) groups is 2. The van der Waals surface area contributed by atoms with Crippen molar-refractivity contribution in [2.75, 3.05) is 11.9 Å². The van der Waals surface area contributed by atoms with E-state index in [9.17, 15) is 22.8 Å². The molecule has 50 heavy (non-hydrogen) atoms. The molecule has 0 saturated heterocycles. The third-order valence-corrected chi connectivity index (χ3v) is 8.91. The number of unbranched alkanes of at least 4 members (excludes halogenated alkanes) is 14. The van der Waals surface area contributed by atoms with E-state index in [-0.39, 0.29) is 17.9 Å².